The Labute approximate surface area is 200 Å². The third-order valence-electron chi connectivity index (χ3n) is 5.66. The molecule has 1 fully saturated rings. The summed E-state index contributed by atoms with van der Waals surface area (Å²) in [5.74, 6) is -0.459. The van der Waals surface area contributed by atoms with Crippen molar-refractivity contribution in [3.05, 3.63) is 115 Å². The molecule has 5 rings (SSSR count). The molecule has 4 aromatic rings. The summed E-state index contributed by atoms with van der Waals surface area (Å²) >= 11 is 1.59. The van der Waals surface area contributed by atoms with E-state index in [1.807, 2.05) is 79.0 Å². The minimum absolute atomic E-state index is 0.0841. The number of hydrogen-bond donors (Lipinski definition) is 2. The molecule has 2 aromatic heterocycles. The molecule has 2 N–H and O–H groups in total. The van der Waals surface area contributed by atoms with Crippen molar-refractivity contribution in [2.24, 2.45) is 0 Å². The van der Waals surface area contributed by atoms with Gasteiger partial charge in [-0.2, -0.15) is 0 Å². The van der Waals surface area contributed by atoms with E-state index in [0.29, 0.717) is 23.4 Å². The van der Waals surface area contributed by atoms with E-state index < -0.39 is 11.9 Å². The van der Waals surface area contributed by atoms with Crippen LogP contribution < -0.4 is 10.9 Å². The van der Waals surface area contributed by atoms with Crippen LogP contribution in [0.3, 0.4) is 0 Å². The van der Waals surface area contributed by atoms with E-state index in [0.717, 1.165) is 20.9 Å². The molecule has 0 saturated carbocycles. The Morgan fingerprint density at radius 2 is 1.71 bits per heavy atom. The van der Waals surface area contributed by atoms with Gasteiger partial charge in [-0.15, -0.1) is 11.3 Å². The lowest BCUT2D eigenvalue weighted by molar-refractivity contribution is -0.123. The Morgan fingerprint density at radius 1 is 0.941 bits per heavy atom. The first-order chi connectivity index (χ1) is 16.5. The van der Waals surface area contributed by atoms with Crippen LogP contribution in [0.5, 0.6) is 0 Å². The van der Waals surface area contributed by atoms with Gasteiger partial charge in [-0.25, -0.2) is 9.48 Å². The van der Waals surface area contributed by atoms with Crippen molar-refractivity contribution < 1.29 is 9.59 Å². The molecule has 0 aliphatic carbocycles. The van der Waals surface area contributed by atoms with Gasteiger partial charge in [0.05, 0.1) is 23.5 Å². The number of nitrogens with one attached hydrogen (secondary N) is 2. The van der Waals surface area contributed by atoms with Crippen LogP contribution in [-0.2, 0) is 17.8 Å². The number of nitrogens with zero attached hydrogens (tertiary/aromatic N) is 2. The number of carbonyl (C=O) groups is 2. The zero-order valence-electron chi connectivity index (χ0n) is 18.4. The average molecular weight is 471 g/mol. The van der Waals surface area contributed by atoms with Gasteiger partial charge in [-0.3, -0.25) is 19.6 Å². The Hall–Kier alpha value is -4.17. The normalized spacial score (nSPS) is 14.7. The molecule has 8 heteroatoms. The van der Waals surface area contributed by atoms with Crippen LogP contribution in [0.25, 0.3) is 11.8 Å². The van der Waals surface area contributed by atoms with Crippen LogP contribution in [-0.4, -0.2) is 26.6 Å². The number of benzene rings is 2. The molecular weight excluding hydrogens is 448 g/mol. The van der Waals surface area contributed by atoms with Crippen molar-refractivity contribution in [1.82, 2.24) is 20.0 Å². The first-order valence-corrected chi connectivity index (χ1v) is 11.7. The van der Waals surface area contributed by atoms with E-state index in [2.05, 4.69) is 10.4 Å². The highest BCUT2D eigenvalue weighted by Crippen LogP contribution is 2.21. The second kappa shape index (κ2) is 8.99. The van der Waals surface area contributed by atoms with Crippen molar-refractivity contribution >= 4 is 29.4 Å². The number of amides is 3. The number of rotatable bonds is 6. The molecule has 1 aliphatic rings. The Balaban J connectivity index is 1.51. The van der Waals surface area contributed by atoms with Gasteiger partial charge in [0.25, 0.3) is 11.5 Å². The summed E-state index contributed by atoms with van der Waals surface area (Å²) in [5.41, 5.74) is 3.45. The van der Waals surface area contributed by atoms with E-state index in [1.165, 1.54) is 10.8 Å². The predicted octanol–water partition coefficient (Wildman–Crippen LogP) is 4.22. The molecule has 0 unspecified atom stereocenters. The van der Waals surface area contributed by atoms with Crippen LogP contribution in [0.2, 0.25) is 0 Å². The van der Waals surface area contributed by atoms with Gasteiger partial charge in [0, 0.05) is 11.3 Å². The summed E-state index contributed by atoms with van der Waals surface area (Å²) in [5, 5.41) is 7.80. The lowest BCUT2D eigenvalue weighted by Crippen LogP contribution is -2.30. The molecule has 170 valence electrons. The summed E-state index contributed by atoms with van der Waals surface area (Å²) in [4.78, 5) is 41.2. The van der Waals surface area contributed by atoms with Crippen molar-refractivity contribution in [3.8, 4) is 5.69 Å². The Morgan fingerprint density at radius 3 is 2.41 bits per heavy atom. The van der Waals surface area contributed by atoms with Gasteiger partial charge >= 0.3 is 6.03 Å². The van der Waals surface area contributed by atoms with Crippen molar-refractivity contribution in [1.29, 1.82) is 0 Å². The summed E-state index contributed by atoms with van der Waals surface area (Å²) < 4.78 is 1.46. The Kier molecular flexibility index (Phi) is 5.73. The topological polar surface area (TPSA) is 87.2 Å². The SMILES string of the molecule is Cc1ccc(CN2C(=O)N/C(=C\c3c(Cc4cccs4)[nH]n(-c4ccccc4)c3=O)C2=O)cc1. The zero-order valence-corrected chi connectivity index (χ0v) is 19.3. The highest BCUT2D eigenvalue weighted by atomic mass is 32.1. The quantitative estimate of drug-likeness (QED) is 0.327. The number of aromatic amines is 1. The molecule has 1 aliphatic heterocycles. The Bertz CT molecular complexity index is 1430. The largest absolute Gasteiger partial charge is 0.329 e. The van der Waals surface area contributed by atoms with Crippen molar-refractivity contribution in [2.45, 2.75) is 19.9 Å². The minimum Gasteiger partial charge on any atom is -0.303 e. The predicted molar refractivity (Wildman–Crippen MR) is 132 cm³/mol. The van der Waals surface area contributed by atoms with E-state index in [1.54, 1.807) is 11.3 Å². The van der Waals surface area contributed by atoms with E-state index >= 15 is 0 Å². The van der Waals surface area contributed by atoms with Gasteiger partial charge in [-0.05, 0) is 42.1 Å². The smallest absolute Gasteiger partial charge is 0.303 e. The monoisotopic (exact) mass is 470 g/mol. The van der Waals surface area contributed by atoms with Crippen LogP contribution in [0, 0.1) is 6.92 Å². The molecular formula is C26H22N4O3S. The summed E-state index contributed by atoms with van der Waals surface area (Å²) in [6.07, 6.45) is 1.98. The third kappa shape index (κ3) is 4.23. The minimum atomic E-state index is -0.504. The first-order valence-electron chi connectivity index (χ1n) is 10.8. The summed E-state index contributed by atoms with van der Waals surface area (Å²) in [6.45, 7) is 2.14. The van der Waals surface area contributed by atoms with Gasteiger partial charge in [0.1, 0.15) is 5.70 Å². The number of H-pyrrole nitrogens is 1. The van der Waals surface area contributed by atoms with Gasteiger partial charge in [-0.1, -0.05) is 54.1 Å². The van der Waals surface area contributed by atoms with Gasteiger partial charge < -0.3 is 5.32 Å². The van der Waals surface area contributed by atoms with E-state index in [9.17, 15) is 14.4 Å². The fourth-order valence-electron chi connectivity index (χ4n) is 3.86. The molecule has 1 saturated heterocycles. The number of imide groups is 1. The third-order valence-corrected chi connectivity index (χ3v) is 6.54. The van der Waals surface area contributed by atoms with Crippen molar-refractivity contribution in [2.75, 3.05) is 0 Å². The molecule has 0 atom stereocenters. The number of carbonyl (C=O) groups excluding carboxylic acids is 2. The highest BCUT2D eigenvalue weighted by Gasteiger charge is 2.34. The number of hydrogen-bond acceptors (Lipinski definition) is 4. The van der Waals surface area contributed by atoms with Crippen LogP contribution in [0.4, 0.5) is 4.79 Å². The molecule has 3 amide bonds. The molecule has 0 bridgehead atoms. The van der Waals surface area contributed by atoms with Crippen LogP contribution in [0.15, 0.2) is 82.6 Å². The maximum Gasteiger partial charge on any atom is 0.329 e. The molecule has 0 spiro atoms. The maximum absolute atomic E-state index is 13.4. The molecule has 2 aromatic carbocycles. The average Bonchev–Trinajstić information content (AvgIpc) is 3.53. The first kappa shape index (κ1) is 21.7. The number of aryl methyl sites for hydroxylation is 1. The molecule has 7 nitrogen and oxygen atoms in total. The second-order valence-electron chi connectivity index (χ2n) is 8.10. The van der Waals surface area contributed by atoms with Crippen LogP contribution >= 0.6 is 11.3 Å². The number of urea groups is 1. The fraction of sp³-hybridized carbons (Fsp3) is 0.115. The number of thiophene rings is 1. The molecule has 34 heavy (non-hydrogen) atoms. The van der Waals surface area contributed by atoms with Gasteiger partial charge in [0.2, 0.25) is 0 Å². The zero-order chi connectivity index (χ0) is 23.7. The summed E-state index contributed by atoms with van der Waals surface area (Å²) in [7, 11) is 0. The summed E-state index contributed by atoms with van der Waals surface area (Å²) in [6, 6.07) is 20.3. The molecule has 0 radical (unpaired) electrons. The maximum atomic E-state index is 13.4. The van der Waals surface area contributed by atoms with Gasteiger partial charge in [0.15, 0.2) is 0 Å². The second-order valence-corrected chi connectivity index (χ2v) is 9.13. The number of aromatic nitrogens is 2. The van der Waals surface area contributed by atoms with E-state index in [-0.39, 0.29) is 17.8 Å². The standard InChI is InChI=1S/C26H22N4O3S/c1-17-9-11-18(12-10-17)16-29-25(32)23(27-26(29)33)15-21-22(14-20-8-5-13-34-20)28-30(24(21)31)19-6-3-2-4-7-19/h2-13,15,28H,14,16H2,1H3,(H,27,33)/b23-15-. The van der Waals surface area contributed by atoms with Crippen molar-refractivity contribution in [3.63, 3.8) is 0 Å². The lowest BCUT2D eigenvalue weighted by atomic mass is 10.1. The van der Waals surface area contributed by atoms with Crippen LogP contribution in [0.1, 0.15) is 27.3 Å². The highest BCUT2D eigenvalue weighted by molar-refractivity contribution is 7.09. The molecule has 3 heterocycles. The van der Waals surface area contributed by atoms with E-state index in [4.69, 9.17) is 0 Å². The lowest BCUT2D eigenvalue weighted by Gasteiger charge is -2.11. The fourth-order valence-corrected chi connectivity index (χ4v) is 4.58. The number of para-hydroxylation sites is 1.